The lowest BCUT2D eigenvalue weighted by Crippen LogP contribution is -2.18. The maximum atomic E-state index is 5.74. The fourth-order valence-electron chi connectivity index (χ4n) is 1.80. The smallest absolute Gasteiger partial charge is 0.162 e. The van der Waals surface area contributed by atoms with Gasteiger partial charge in [0.05, 0.1) is 12.7 Å². The fourth-order valence-corrected chi connectivity index (χ4v) is 1.80. The minimum absolute atomic E-state index is 0.116. The fraction of sp³-hybridized carbons (Fsp3) is 0.286. The molecule has 1 heterocycles. The largest absolute Gasteiger partial charge is 0.496 e. The maximum absolute atomic E-state index is 5.74. The zero-order valence-corrected chi connectivity index (χ0v) is 10.6. The van der Waals surface area contributed by atoms with Gasteiger partial charge in [0.2, 0.25) is 0 Å². The van der Waals surface area contributed by atoms with E-state index in [2.05, 4.69) is 9.97 Å². The number of benzene rings is 1. The molecular formula is C14H17N3O. The third kappa shape index (κ3) is 2.84. The summed E-state index contributed by atoms with van der Waals surface area (Å²) in [6, 6.07) is 7.82. The highest BCUT2D eigenvalue weighted by atomic mass is 16.5. The van der Waals surface area contributed by atoms with Gasteiger partial charge in [-0.3, -0.25) is 0 Å². The minimum atomic E-state index is 0.116. The van der Waals surface area contributed by atoms with Gasteiger partial charge in [-0.2, -0.15) is 0 Å². The molecule has 2 N–H and O–H groups in total. The number of nitrogens with zero attached hydrogens (tertiary/aromatic N) is 2. The van der Waals surface area contributed by atoms with E-state index >= 15 is 0 Å². The monoisotopic (exact) mass is 243 g/mol. The SMILES string of the molecule is COc1ccccc1-c1ncc(CC(C)N)cn1. The van der Waals surface area contributed by atoms with Crippen molar-refractivity contribution in [1.29, 1.82) is 0 Å². The van der Waals surface area contributed by atoms with Crippen LogP contribution in [0.2, 0.25) is 0 Å². The summed E-state index contributed by atoms with van der Waals surface area (Å²) >= 11 is 0. The zero-order chi connectivity index (χ0) is 13.0. The summed E-state index contributed by atoms with van der Waals surface area (Å²) in [6.07, 6.45) is 4.42. The molecule has 18 heavy (non-hydrogen) atoms. The Morgan fingerprint density at radius 3 is 2.50 bits per heavy atom. The van der Waals surface area contributed by atoms with E-state index in [9.17, 15) is 0 Å². The highest BCUT2D eigenvalue weighted by molar-refractivity contribution is 5.63. The van der Waals surface area contributed by atoms with E-state index in [4.69, 9.17) is 10.5 Å². The zero-order valence-electron chi connectivity index (χ0n) is 10.6. The Balaban J connectivity index is 2.28. The van der Waals surface area contributed by atoms with Crippen LogP contribution in [0.1, 0.15) is 12.5 Å². The predicted octanol–water partition coefficient (Wildman–Crippen LogP) is 2.04. The second-order valence-corrected chi connectivity index (χ2v) is 4.30. The van der Waals surface area contributed by atoms with E-state index in [0.29, 0.717) is 5.82 Å². The number of methoxy groups -OCH3 is 1. The van der Waals surface area contributed by atoms with Gasteiger partial charge >= 0.3 is 0 Å². The molecule has 1 aromatic heterocycles. The maximum Gasteiger partial charge on any atom is 0.162 e. The van der Waals surface area contributed by atoms with E-state index in [1.807, 2.05) is 43.6 Å². The highest BCUT2D eigenvalue weighted by Gasteiger charge is 2.07. The van der Waals surface area contributed by atoms with Gasteiger partial charge in [0, 0.05) is 18.4 Å². The Morgan fingerprint density at radius 2 is 1.89 bits per heavy atom. The Hall–Kier alpha value is -1.94. The Bertz CT molecular complexity index is 509. The number of aromatic nitrogens is 2. The van der Waals surface area contributed by atoms with E-state index in [0.717, 1.165) is 23.3 Å². The number of hydrogen-bond acceptors (Lipinski definition) is 4. The molecule has 0 saturated carbocycles. The van der Waals surface area contributed by atoms with Crippen molar-refractivity contribution in [3.05, 3.63) is 42.2 Å². The van der Waals surface area contributed by atoms with Crippen LogP contribution in [0, 0.1) is 0 Å². The summed E-state index contributed by atoms with van der Waals surface area (Å²) in [7, 11) is 1.64. The lowest BCUT2D eigenvalue weighted by atomic mass is 10.1. The van der Waals surface area contributed by atoms with Crippen molar-refractivity contribution >= 4 is 0 Å². The molecule has 94 valence electrons. The molecule has 0 radical (unpaired) electrons. The Morgan fingerprint density at radius 1 is 1.22 bits per heavy atom. The predicted molar refractivity (Wildman–Crippen MR) is 71.4 cm³/mol. The van der Waals surface area contributed by atoms with Crippen LogP contribution in [0.25, 0.3) is 11.4 Å². The van der Waals surface area contributed by atoms with E-state index in [1.54, 1.807) is 7.11 Å². The van der Waals surface area contributed by atoms with Crippen LogP contribution in [0.4, 0.5) is 0 Å². The van der Waals surface area contributed by atoms with Crippen LogP contribution in [-0.2, 0) is 6.42 Å². The van der Waals surface area contributed by atoms with Gasteiger partial charge in [-0.1, -0.05) is 12.1 Å². The number of para-hydroxylation sites is 1. The summed E-state index contributed by atoms with van der Waals surface area (Å²) in [5.41, 5.74) is 7.68. The highest BCUT2D eigenvalue weighted by Crippen LogP contribution is 2.26. The number of ether oxygens (including phenoxy) is 1. The van der Waals surface area contributed by atoms with E-state index in [-0.39, 0.29) is 6.04 Å². The van der Waals surface area contributed by atoms with Gasteiger partial charge in [-0.15, -0.1) is 0 Å². The molecule has 0 fully saturated rings. The summed E-state index contributed by atoms with van der Waals surface area (Å²) in [5, 5.41) is 0. The second kappa shape index (κ2) is 5.60. The normalized spacial score (nSPS) is 12.2. The van der Waals surface area contributed by atoms with Gasteiger partial charge < -0.3 is 10.5 Å². The van der Waals surface area contributed by atoms with Crippen LogP contribution < -0.4 is 10.5 Å². The molecule has 0 aliphatic rings. The molecule has 0 spiro atoms. The number of rotatable bonds is 4. The van der Waals surface area contributed by atoms with Crippen LogP contribution in [0.15, 0.2) is 36.7 Å². The van der Waals surface area contributed by atoms with Crippen molar-refractivity contribution in [2.24, 2.45) is 5.73 Å². The van der Waals surface area contributed by atoms with Gasteiger partial charge in [0.1, 0.15) is 5.75 Å². The molecule has 0 bridgehead atoms. The molecule has 2 rings (SSSR count). The van der Waals surface area contributed by atoms with Crippen molar-refractivity contribution in [1.82, 2.24) is 9.97 Å². The standard InChI is InChI=1S/C14H17N3O/c1-10(15)7-11-8-16-14(17-9-11)12-5-3-4-6-13(12)18-2/h3-6,8-10H,7,15H2,1-2H3. The van der Waals surface area contributed by atoms with Crippen molar-refractivity contribution in [3.8, 4) is 17.1 Å². The topological polar surface area (TPSA) is 61.0 Å². The van der Waals surface area contributed by atoms with E-state index < -0.39 is 0 Å². The molecular weight excluding hydrogens is 226 g/mol. The average molecular weight is 243 g/mol. The first-order chi connectivity index (χ1) is 8.70. The van der Waals surface area contributed by atoms with Gasteiger partial charge in [0.25, 0.3) is 0 Å². The number of nitrogens with two attached hydrogens (primary N) is 1. The quantitative estimate of drug-likeness (QED) is 0.892. The van der Waals surface area contributed by atoms with Crippen molar-refractivity contribution in [3.63, 3.8) is 0 Å². The molecule has 0 aliphatic carbocycles. The third-order valence-electron chi connectivity index (χ3n) is 2.61. The molecule has 1 atom stereocenters. The molecule has 0 aliphatic heterocycles. The lowest BCUT2D eigenvalue weighted by molar-refractivity contribution is 0.416. The summed E-state index contributed by atoms with van der Waals surface area (Å²) in [4.78, 5) is 8.73. The molecule has 4 heteroatoms. The minimum Gasteiger partial charge on any atom is -0.496 e. The third-order valence-corrected chi connectivity index (χ3v) is 2.61. The average Bonchev–Trinajstić information content (AvgIpc) is 2.39. The summed E-state index contributed by atoms with van der Waals surface area (Å²) < 4.78 is 5.29. The molecule has 1 aromatic carbocycles. The molecule has 4 nitrogen and oxygen atoms in total. The first-order valence-electron chi connectivity index (χ1n) is 5.90. The van der Waals surface area contributed by atoms with Crippen molar-refractivity contribution < 1.29 is 4.74 Å². The first kappa shape index (κ1) is 12.5. The molecule has 0 amide bonds. The lowest BCUT2D eigenvalue weighted by Gasteiger charge is -2.08. The summed E-state index contributed by atoms with van der Waals surface area (Å²) in [5.74, 6) is 1.44. The Kier molecular flexibility index (Phi) is 3.89. The van der Waals surface area contributed by atoms with Crippen LogP contribution in [0.5, 0.6) is 5.75 Å². The van der Waals surface area contributed by atoms with Crippen molar-refractivity contribution in [2.45, 2.75) is 19.4 Å². The van der Waals surface area contributed by atoms with Crippen molar-refractivity contribution in [2.75, 3.05) is 7.11 Å². The number of hydrogen-bond donors (Lipinski definition) is 1. The molecule has 1 unspecified atom stereocenters. The van der Waals surface area contributed by atoms with Crippen LogP contribution in [-0.4, -0.2) is 23.1 Å². The van der Waals surface area contributed by atoms with Gasteiger partial charge in [0.15, 0.2) is 5.82 Å². The van der Waals surface area contributed by atoms with Crippen LogP contribution in [0.3, 0.4) is 0 Å². The van der Waals surface area contributed by atoms with Gasteiger partial charge in [-0.25, -0.2) is 9.97 Å². The van der Waals surface area contributed by atoms with E-state index in [1.165, 1.54) is 0 Å². The molecule has 0 saturated heterocycles. The first-order valence-corrected chi connectivity index (χ1v) is 5.90. The molecule has 2 aromatic rings. The van der Waals surface area contributed by atoms with Gasteiger partial charge in [-0.05, 0) is 31.0 Å². The Labute approximate surface area is 107 Å². The second-order valence-electron chi connectivity index (χ2n) is 4.30. The summed E-state index contributed by atoms with van der Waals surface area (Å²) in [6.45, 7) is 1.97. The van der Waals surface area contributed by atoms with Crippen LogP contribution >= 0.6 is 0 Å².